The number of hydrogen-bond donors (Lipinski definition) is 1. The predicted molar refractivity (Wildman–Crippen MR) is 99.0 cm³/mol. The van der Waals surface area contributed by atoms with Crippen molar-refractivity contribution < 1.29 is 14.2 Å². The molecule has 1 heterocycles. The number of likely N-dealkylation sites (tertiary alicyclic amines) is 1. The summed E-state index contributed by atoms with van der Waals surface area (Å²) in [6.07, 6.45) is 1.14. The Morgan fingerprint density at radius 1 is 1.33 bits per heavy atom. The van der Waals surface area contributed by atoms with Crippen molar-refractivity contribution in [1.29, 1.82) is 0 Å². The van der Waals surface area contributed by atoms with Crippen LogP contribution in [0.2, 0.25) is 0 Å². The monoisotopic (exact) mass is 399 g/mol. The van der Waals surface area contributed by atoms with Crippen LogP contribution < -0.4 is 14.8 Å². The molecule has 0 spiro atoms. The molecule has 1 fully saturated rings. The number of nitrogens with zero attached hydrogens (tertiary/aromatic N) is 2. The summed E-state index contributed by atoms with van der Waals surface area (Å²) in [7, 11) is 6.84. The lowest BCUT2D eigenvalue weighted by atomic mass is 10.1. The predicted octanol–water partition coefficient (Wildman–Crippen LogP) is 2.51. The number of nitrogens with one attached hydrogen (secondary N) is 1. The SMILES string of the molecule is CN=C(NCc1cc(Br)c(OC)c(OC)c1)N1CCC(COC)C1. The summed E-state index contributed by atoms with van der Waals surface area (Å²) >= 11 is 3.53. The van der Waals surface area contributed by atoms with Crippen molar-refractivity contribution in [3.05, 3.63) is 22.2 Å². The van der Waals surface area contributed by atoms with Crippen molar-refractivity contribution in [2.24, 2.45) is 10.9 Å². The van der Waals surface area contributed by atoms with Crippen molar-refractivity contribution >= 4 is 21.9 Å². The van der Waals surface area contributed by atoms with Gasteiger partial charge in [0.1, 0.15) is 0 Å². The molecule has 0 aliphatic carbocycles. The molecule has 7 heteroatoms. The lowest BCUT2D eigenvalue weighted by Gasteiger charge is -2.22. The van der Waals surface area contributed by atoms with Gasteiger partial charge >= 0.3 is 0 Å². The normalized spacial score (nSPS) is 18.0. The Morgan fingerprint density at radius 3 is 2.75 bits per heavy atom. The van der Waals surface area contributed by atoms with Gasteiger partial charge in [0.15, 0.2) is 17.5 Å². The molecular formula is C17H26BrN3O3. The first kappa shape index (κ1) is 18.9. The van der Waals surface area contributed by atoms with Crippen molar-refractivity contribution in [3.63, 3.8) is 0 Å². The van der Waals surface area contributed by atoms with E-state index in [2.05, 4.69) is 31.1 Å². The van der Waals surface area contributed by atoms with E-state index < -0.39 is 0 Å². The molecule has 1 N–H and O–H groups in total. The maximum Gasteiger partial charge on any atom is 0.193 e. The first-order valence-corrected chi connectivity index (χ1v) is 8.77. The zero-order valence-electron chi connectivity index (χ0n) is 14.8. The molecule has 24 heavy (non-hydrogen) atoms. The first-order valence-electron chi connectivity index (χ1n) is 7.97. The molecule has 0 amide bonds. The molecule has 0 saturated carbocycles. The minimum absolute atomic E-state index is 0.573. The topological polar surface area (TPSA) is 55.3 Å². The van der Waals surface area contributed by atoms with Crippen LogP contribution in [0.15, 0.2) is 21.6 Å². The minimum atomic E-state index is 0.573. The van der Waals surface area contributed by atoms with E-state index in [1.807, 2.05) is 19.2 Å². The summed E-state index contributed by atoms with van der Waals surface area (Å²) in [4.78, 5) is 6.68. The molecule has 2 rings (SSSR count). The molecule has 1 unspecified atom stereocenters. The fourth-order valence-electron chi connectivity index (χ4n) is 2.98. The van der Waals surface area contributed by atoms with Crippen LogP contribution in [0.4, 0.5) is 0 Å². The highest BCUT2D eigenvalue weighted by Crippen LogP contribution is 2.36. The van der Waals surface area contributed by atoms with Gasteiger partial charge in [0.05, 0.1) is 25.3 Å². The number of halogens is 1. The standard InChI is InChI=1S/C17H26BrN3O3/c1-19-17(21-6-5-12(10-21)11-22-2)20-9-13-7-14(18)16(24-4)15(8-13)23-3/h7-8,12H,5-6,9-11H2,1-4H3,(H,19,20). The molecule has 1 saturated heterocycles. The number of guanidine groups is 1. The Labute approximate surface area is 152 Å². The largest absolute Gasteiger partial charge is 0.493 e. The molecule has 0 bridgehead atoms. The van der Waals surface area contributed by atoms with E-state index in [-0.39, 0.29) is 0 Å². The van der Waals surface area contributed by atoms with Crippen LogP contribution in [0.3, 0.4) is 0 Å². The zero-order chi connectivity index (χ0) is 17.5. The number of ether oxygens (including phenoxy) is 3. The van der Waals surface area contributed by atoms with E-state index in [0.29, 0.717) is 24.0 Å². The summed E-state index contributed by atoms with van der Waals surface area (Å²) < 4.78 is 16.9. The molecule has 6 nitrogen and oxygen atoms in total. The van der Waals surface area contributed by atoms with Gasteiger partial charge in [-0.05, 0) is 40.0 Å². The molecule has 134 valence electrons. The Hall–Kier alpha value is -1.47. The van der Waals surface area contributed by atoms with Crippen molar-refractivity contribution in [2.45, 2.75) is 13.0 Å². The lowest BCUT2D eigenvalue weighted by molar-refractivity contribution is 0.157. The third kappa shape index (κ3) is 4.54. The Bertz CT molecular complexity index is 580. The Kier molecular flexibility index (Phi) is 7.17. The highest BCUT2D eigenvalue weighted by Gasteiger charge is 2.24. The van der Waals surface area contributed by atoms with Gasteiger partial charge in [-0.2, -0.15) is 0 Å². The van der Waals surface area contributed by atoms with Crippen molar-refractivity contribution in [3.8, 4) is 11.5 Å². The van der Waals surface area contributed by atoms with Crippen LogP contribution in [0.1, 0.15) is 12.0 Å². The summed E-state index contributed by atoms with van der Waals surface area (Å²) in [5.41, 5.74) is 1.09. The van der Waals surface area contributed by atoms with E-state index in [1.54, 1.807) is 21.3 Å². The third-order valence-corrected chi connectivity index (χ3v) is 4.73. The van der Waals surface area contributed by atoms with Crippen molar-refractivity contribution in [1.82, 2.24) is 10.2 Å². The van der Waals surface area contributed by atoms with Crippen LogP contribution in [-0.4, -0.2) is 58.9 Å². The highest BCUT2D eigenvalue weighted by molar-refractivity contribution is 9.10. The fraction of sp³-hybridized carbons (Fsp3) is 0.588. The quantitative estimate of drug-likeness (QED) is 0.588. The minimum Gasteiger partial charge on any atom is -0.493 e. The van der Waals surface area contributed by atoms with E-state index in [9.17, 15) is 0 Å². The highest BCUT2D eigenvalue weighted by atomic mass is 79.9. The van der Waals surface area contributed by atoms with Crippen LogP contribution in [0.5, 0.6) is 11.5 Å². The maximum absolute atomic E-state index is 5.39. The fourth-order valence-corrected chi connectivity index (χ4v) is 3.63. The second-order valence-corrected chi connectivity index (χ2v) is 6.62. The molecule has 1 aliphatic heterocycles. The Balaban J connectivity index is 2.00. The molecule has 1 aromatic carbocycles. The van der Waals surface area contributed by atoms with Crippen LogP contribution in [0.25, 0.3) is 0 Å². The summed E-state index contributed by atoms with van der Waals surface area (Å²) in [6, 6.07) is 4.00. The number of methoxy groups -OCH3 is 3. The number of rotatable bonds is 6. The molecule has 1 aromatic rings. The summed E-state index contributed by atoms with van der Waals surface area (Å²) in [5.74, 6) is 2.90. The summed E-state index contributed by atoms with van der Waals surface area (Å²) in [5, 5.41) is 3.42. The van der Waals surface area contributed by atoms with Gasteiger partial charge in [-0.1, -0.05) is 0 Å². The molecule has 1 atom stereocenters. The average molecular weight is 400 g/mol. The van der Waals surface area contributed by atoms with Gasteiger partial charge in [0, 0.05) is 39.7 Å². The van der Waals surface area contributed by atoms with Crippen LogP contribution in [-0.2, 0) is 11.3 Å². The number of hydrogen-bond acceptors (Lipinski definition) is 4. The maximum atomic E-state index is 5.39. The van der Waals surface area contributed by atoms with Crippen LogP contribution in [0, 0.1) is 5.92 Å². The van der Waals surface area contributed by atoms with Gasteiger partial charge in [-0.15, -0.1) is 0 Å². The van der Waals surface area contributed by atoms with E-state index in [4.69, 9.17) is 14.2 Å². The van der Waals surface area contributed by atoms with Gasteiger partial charge < -0.3 is 24.4 Å². The van der Waals surface area contributed by atoms with Gasteiger partial charge in [0.2, 0.25) is 0 Å². The second kappa shape index (κ2) is 9.13. The number of benzene rings is 1. The van der Waals surface area contributed by atoms with Gasteiger partial charge in [-0.25, -0.2) is 0 Å². The second-order valence-electron chi connectivity index (χ2n) is 5.77. The van der Waals surface area contributed by atoms with E-state index in [1.165, 1.54) is 0 Å². The molecular weight excluding hydrogens is 374 g/mol. The smallest absolute Gasteiger partial charge is 0.193 e. The third-order valence-electron chi connectivity index (χ3n) is 4.14. The van der Waals surface area contributed by atoms with Gasteiger partial charge in [-0.3, -0.25) is 4.99 Å². The molecule has 0 radical (unpaired) electrons. The van der Waals surface area contributed by atoms with Gasteiger partial charge in [0.25, 0.3) is 0 Å². The first-order chi connectivity index (χ1) is 11.6. The lowest BCUT2D eigenvalue weighted by Crippen LogP contribution is -2.39. The van der Waals surface area contributed by atoms with E-state index >= 15 is 0 Å². The number of aliphatic imine (C=N–C) groups is 1. The van der Waals surface area contributed by atoms with Crippen molar-refractivity contribution in [2.75, 3.05) is 48.1 Å². The summed E-state index contributed by atoms with van der Waals surface area (Å²) in [6.45, 7) is 3.44. The molecule has 1 aliphatic rings. The zero-order valence-corrected chi connectivity index (χ0v) is 16.4. The van der Waals surface area contributed by atoms with Crippen LogP contribution >= 0.6 is 15.9 Å². The average Bonchev–Trinajstić information content (AvgIpc) is 3.03. The molecule has 0 aromatic heterocycles. The van der Waals surface area contributed by atoms with E-state index in [0.717, 1.165) is 42.1 Å². The Morgan fingerprint density at radius 2 is 2.12 bits per heavy atom.